The highest BCUT2D eigenvalue weighted by atomic mass is 16.5. The molecule has 2 aliphatic rings. The maximum atomic E-state index is 11.8. The van der Waals surface area contributed by atoms with Gasteiger partial charge in [-0.15, -0.1) is 0 Å². The summed E-state index contributed by atoms with van der Waals surface area (Å²) in [4.78, 5) is 25.8. The third kappa shape index (κ3) is 4.67. The highest BCUT2D eigenvalue weighted by Crippen LogP contribution is 2.40. The van der Waals surface area contributed by atoms with Gasteiger partial charge in [-0.2, -0.15) is 4.98 Å². The topological polar surface area (TPSA) is 70.6 Å². The van der Waals surface area contributed by atoms with Crippen LogP contribution >= 0.6 is 0 Å². The number of likely N-dealkylation sites (N-methyl/N-ethyl adjacent to an activating group) is 1. The van der Waals surface area contributed by atoms with Crippen LogP contribution in [0.25, 0.3) is 0 Å². The summed E-state index contributed by atoms with van der Waals surface area (Å²) in [5, 5.41) is 3.38. The van der Waals surface area contributed by atoms with Crippen molar-refractivity contribution in [2.45, 2.75) is 31.7 Å². The number of nitrogens with one attached hydrogen (secondary N) is 1. The van der Waals surface area contributed by atoms with Gasteiger partial charge in [0, 0.05) is 38.2 Å². The summed E-state index contributed by atoms with van der Waals surface area (Å²) in [5.74, 6) is 1.99. The number of nitrogens with zero attached hydrogens (tertiary/aromatic N) is 4. The first kappa shape index (κ1) is 19.6. The average Bonchev–Trinajstić information content (AvgIpc) is 3.57. The number of esters is 1. The van der Waals surface area contributed by atoms with Gasteiger partial charge in [-0.05, 0) is 56.6 Å². The molecule has 4 rings (SSSR count). The quantitative estimate of drug-likeness (QED) is 0.723. The lowest BCUT2D eigenvalue weighted by atomic mass is 9.97. The van der Waals surface area contributed by atoms with E-state index in [-0.39, 0.29) is 5.97 Å². The third-order valence-electron chi connectivity index (χ3n) is 5.53. The summed E-state index contributed by atoms with van der Waals surface area (Å²) >= 11 is 0. The second-order valence-electron chi connectivity index (χ2n) is 8.13. The Labute approximate surface area is 172 Å². The third-order valence-corrected chi connectivity index (χ3v) is 5.53. The molecule has 29 heavy (non-hydrogen) atoms. The van der Waals surface area contributed by atoms with Crippen molar-refractivity contribution in [3.63, 3.8) is 0 Å². The number of carbonyl (C=O) groups excluding carboxylic acids is 1. The number of aromatic nitrogens is 2. The highest BCUT2D eigenvalue weighted by molar-refractivity contribution is 5.89. The van der Waals surface area contributed by atoms with Crippen molar-refractivity contribution in [1.82, 2.24) is 14.9 Å². The van der Waals surface area contributed by atoms with Crippen LogP contribution in [0.15, 0.2) is 24.3 Å². The zero-order chi connectivity index (χ0) is 20.4. The second-order valence-corrected chi connectivity index (χ2v) is 8.13. The van der Waals surface area contributed by atoms with Crippen molar-refractivity contribution in [3.8, 4) is 0 Å². The molecule has 1 saturated carbocycles. The van der Waals surface area contributed by atoms with Crippen LogP contribution in [0.5, 0.6) is 0 Å². The predicted molar refractivity (Wildman–Crippen MR) is 114 cm³/mol. The van der Waals surface area contributed by atoms with Gasteiger partial charge in [-0.3, -0.25) is 0 Å². The fraction of sp³-hybridized carbons (Fsp3) is 0.500. The molecule has 1 aromatic carbocycles. The Morgan fingerprint density at radius 1 is 1.24 bits per heavy atom. The maximum absolute atomic E-state index is 11.8. The highest BCUT2D eigenvalue weighted by Gasteiger charge is 2.28. The normalized spacial score (nSPS) is 15.9. The number of benzene rings is 1. The monoisotopic (exact) mass is 395 g/mol. The van der Waals surface area contributed by atoms with Crippen molar-refractivity contribution in [1.29, 1.82) is 0 Å². The minimum Gasteiger partial charge on any atom is -0.465 e. The zero-order valence-corrected chi connectivity index (χ0v) is 17.4. The number of anilines is 2. The van der Waals surface area contributed by atoms with E-state index in [0.29, 0.717) is 11.5 Å². The Bertz CT molecular complexity index is 895. The largest absolute Gasteiger partial charge is 0.465 e. The first-order chi connectivity index (χ1) is 14.0. The van der Waals surface area contributed by atoms with Gasteiger partial charge < -0.3 is 19.9 Å². The van der Waals surface area contributed by atoms with E-state index in [4.69, 9.17) is 14.7 Å². The standard InChI is InChI=1S/C22H29N5O2/c1-26(2)11-9-23-22-24-19(15-4-5-15)13-20(25-22)27-10-8-16-12-17(21(28)29-3)6-7-18(16)14-27/h6-7,12-13,15H,4-5,8-11,14H2,1-3H3,(H,23,24,25). The number of hydrogen-bond donors (Lipinski definition) is 1. The minimum atomic E-state index is -0.284. The molecule has 0 spiro atoms. The summed E-state index contributed by atoms with van der Waals surface area (Å²) in [6.07, 6.45) is 3.31. The van der Waals surface area contributed by atoms with E-state index in [1.165, 1.54) is 31.1 Å². The van der Waals surface area contributed by atoms with Crippen molar-refractivity contribution in [3.05, 3.63) is 46.6 Å². The van der Waals surface area contributed by atoms with E-state index >= 15 is 0 Å². The average molecular weight is 396 g/mol. The fourth-order valence-corrected chi connectivity index (χ4v) is 3.67. The van der Waals surface area contributed by atoms with Crippen LogP contribution in [0.1, 0.15) is 45.9 Å². The minimum absolute atomic E-state index is 0.284. The fourth-order valence-electron chi connectivity index (χ4n) is 3.67. The number of rotatable bonds is 7. The van der Waals surface area contributed by atoms with E-state index in [2.05, 4.69) is 35.3 Å². The smallest absolute Gasteiger partial charge is 0.337 e. The van der Waals surface area contributed by atoms with Crippen molar-refractivity contribution >= 4 is 17.7 Å². The lowest BCUT2D eigenvalue weighted by Gasteiger charge is -2.30. The number of carbonyl (C=O) groups is 1. The molecular weight excluding hydrogens is 366 g/mol. The zero-order valence-electron chi connectivity index (χ0n) is 17.4. The van der Waals surface area contributed by atoms with Gasteiger partial charge in [0.2, 0.25) is 5.95 Å². The van der Waals surface area contributed by atoms with Crippen LogP contribution in [-0.2, 0) is 17.7 Å². The summed E-state index contributed by atoms with van der Waals surface area (Å²) in [6, 6.07) is 8.00. The molecule has 1 N–H and O–H groups in total. The molecule has 2 aromatic rings. The Kier molecular flexibility index (Phi) is 5.67. The van der Waals surface area contributed by atoms with Gasteiger partial charge in [0.1, 0.15) is 5.82 Å². The Hall–Kier alpha value is -2.67. The number of methoxy groups -OCH3 is 1. The summed E-state index contributed by atoms with van der Waals surface area (Å²) in [5.41, 5.74) is 4.21. The molecule has 0 bridgehead atoms. The van der Waals surface area contributed by atoms with Crippen LogP contribution in [0.3, 0.4) is 0 Å². The first-order valence-electron chi connectivity index (χ1n) is 10.3. The molecule has 0 atom stereocenters. The van der Waals surface area contributed by atoms with Crippen LogP contribution < -0.4 is 10.2 Å². The number of hydrogen-bond acceptors (Lipinski definition) is 7. The molecule has 154 valence electrons. The molecule has 1 aromatic heterocycles. The van der Waals surface area contributed by atoms with Gasteiger partial charge >= 0.3 is 5.97 Å². The van der Waals surface area contributed by atoms with E-state index in [0.717, 1.165) is 50.1 Å². The molecule has 1 aliphatic heterocycles. The number of fused-ring (bicyclic) bond motifs is 1. The molecule has 0 unspecified atom stereocenters. The van der Waals surface area contributed by atoms with Crippen LogP contribution in [0, 0.1) is 0 Å². The summed E-state index contributed by atoms with van der Waals surface area (Å²) in [6.45, 7) is 3.41. The SMILES string of the molecule is COC(=O)c1ccc2c(c1)CCN(c1cc(C3CC3)nc(NCCN(C)C)n1)C2. The van der Waals surface area contributed by atoms with Crippen molar-refractivity contribution < 1.29 is 9.53 Å². The van der Waals surface area contributed by atoms with Crippen molar-refractivity contribution in [2.75, 3.05) is 51.1 Å². The van der Waals surface area contributed by atoms with Crippen LogP contribution in [0.4, 0.5) is 11.8 Å². The molecule has 7 heteroatoms. The second kappa shape index (κ2) is 8.37. The predicted octanol–water partition coefficient (Wildman–Crippen LogP) is 2.68. The molecule has 0 amide bonds. The Morgan fingerprint density at radius 2 is 2.07 bits per heavy atom. The molecule has 0 saturated heterocycles. The van der Waals surface area contributed by atoms with Gasteiger partial charge in [-0.1, -0.05) is 6.07 Å². The van der Waals surface area contributed by atoms with Gasteiger partial charge in [0.05, 0.1) is 18.4 Å². The molecular formula is C22H29N5O2. The van der Waals surface area contributed by atoms with E-state index in [1.54, 1.807) is 0 Å². The summed E-state index contributed by atoms with van der Waals surface area (Å²) in [7, 11) is 5.54. The lowest BCUT2D eigenvalue weighted by Crippen LogP contribution is -2.31. The Balaban J connectivity index is 1.53. The van der Waals surface area contributed by atoms with Gasteiger partial charge in [0.25, 0.3) is 0 Å². The van der Waals surface area contributed by atoms with Crippen LogP contribution in [-0.4, -0.2) is 61.7 Å². The molecule has 0 radical (unpaired) electrons. The number of ether oxygens (including phenoxy) is 1. The lowest BCUT2D eigenvalue weighted by molar-refractivity contribution is 0.0600. The molecule has 7 nitrogen and oxygen atoms in total. The summed E-state index contributed by atoms with van der Waals surface area (Å²) < 4.78 is 4.84. The van der Waals surface area contributed by atoms with E-state index in [1.807, 2.05) is 18.2 Å². The van der Waals surface area contributed by atoms with E-state index < -0.39 is 0 Å². The molecule has 1 fully saturated rings. The van der Waals surface area contributed by atoms with Crippen molar-refractivity contribution in [2.24, 2.45) is 0 Å². The maximum Gasteiger partial charge on any atom is 0.337 e. The Morgan fingerprint density at radius 3 is 2.79 bits per heavy atom. The van der Waals surface area contributed by atoms with Gasteiger partial charge in [-0.25, -0.2) is 9.78 Å². The molecule has 2 heterocycles. The van der Waals surface area contributed by atoms with E-state index in [9.17, 15) is 4.79 Å². The van der Waals surface area contributed by atoms with Gasteiger partial charge in [0.15, 0.2) is 0 Å². The molecule has 1 aliphatic carbocycles. The first-order valence-corrected chi connectivity index (χ1v) is 10.3. The van der Waals surface area contributed by atoms with Crippen LogP contribution in [0.2, 0.25) is 0 Å².